The molecule has 2 aromatic rings. The largest absolute Gasteiger partial charge is 0.489 e. The number of ether oxygens (including phenoxy) is 1. The predicted molar refractivity (Wildman–Crippen MR) is 101 cm³/mol. The van der Waals surface area contributed by atoms with Crippen LogP contribution >= 0.6 is 11.6 Å². The second-order valence-electron chi connectivity index (χ2n) is 6.58. The van der Waals surface area contributed by atoms with Crippen molar-refractivity contribution in [1.29, 1.82) is 0 Å². The van der Waals surface area contributed by atoms with E-state index < -0.39 is 0 Å². The molecular formula is C19H28ClN3O. The second kappa shape index (κ2) is 8.54. The van der Waals surface area contributed by atoms with Gasteiger partial charge in [-0.3, -0.25) is 4.68 Å². The highest BCUT2D eigenvalue weighted by Crippen LogP contribution is 2.32. The van der Waals surface area contributed by atoms with Crippen LogP contribution in [0.5, 0.6) is 5.75 Å². The van der Waals surface area contributed by atoms with Crippen molar-refractivity contribution in [1.82, 2.24) is 14.7 Å². The summed E-state index contributed by atoms with van der Waals surface area (Å²) in [5.74, 6) is 0.716. The van der Waals surface area contributed by atoms with Crippen LogP contribution in [0.4, 0.5) is 0 Å². The summed E-state index contributed by atoms with van der Waals surface area (Å²) in [5, 5.41) is 5.26. The van der Waals surface area contributed by atoms with Gasteiger partial charge in [-0.2, -0.15) is 5.10 Å². The maximum absolute atomic E-state index is 6.39. The van der Waals surface area contributed by atoms with Crippen molar-refractivity contribution in [3.8, 4) is 17.0 Å². The zero-order valence-corrected chi connectivity index (χ0v) is 16.1. The smallest absolute Gasteiger partial charge is 0.138 e. The lowest BCUT2D eigenvalue weighted by Crippen LogP contribution is -2.19. The summed E-state index contributed by atoms with van der Waals surface area (Å²) in [5.41, 5.74) is 3.22. The molecule has 0 aliphatic heterocycles. The molecule has 0 bridgehead atoms. The van der Waals surface area contributed by atoms with Gasteiger partial charge in [0.2, 0.25) is 0 Å². The molecule has 24 heavy (non-hydrogen) atoms. The van der Waals surface area contributed by atoms with Crippen molar-refractivity contribution in [2.24, 2.45) is 7.05 Å². The average molecular weight is 350 g/mol. The van der Waals surface area contributed by atoms with Crippen LogP contribution in [0.3, 0.4) is 0 Å². The van der Waals surface area contributed by atoms with Gasteiger partial charge in [0.25, 0.3) is 0 Å². The van der Waals surface area contributed by atoms with Gasteiger partial charge in [-0.1, -0.05) is 24.9 Å². The normalized spacial score (nSPS) is 11.5. The molecule has 4 nitrogen and oxygen atoms in total. The first-order valence-electron chi connectivity index (χ1n) is 8.58. The van der Waals surface area contributed by atoms with E-state index in [9.17, 15) is 0 Å². The molecule has 0 saturated heterocycles. The Labute approximate surface area is 150 Å². The van der Waals surface area contributed by atoms with Crippen molar-refractivity contribution in [3.05, 3.63) is 35.0 Å². The van der Waals surface area contributed by atoms with Gasteiger partial charge in [-0.05, 0) is 52.1 Å². The summed E-state index contributed by atoms with van der Waals surface area (Å²) in [7, 11) is 4.11. The zero-order valence-electron chi connectivity index (χ0n) is 15.3. The Bertz CT molecular complexity index is 667. The molecule has 0 aliphatic rings. The molecule has 0 aliphatic carbocycles. The monoisotopic (exact) mass is 349 g/mol. The van der Waals surface area contributed by atoms with Gasteiger partial charge in [0, 0.05) is 30.9 Å². The number of halogens is 1. The highest BCUT2D eigenvalue weighted by atomic mass is 35.5. The van der Waals surface area contributed by atoms with Gasteiger partial charge >= 0.3 is 0 Å². The first-order valence-corrected chi connectivity index (χ1v) is 8.96. The van der Waals surface area contributed by atoms with E-state index in [1.807, 2.05) is 43.8 Å². The lowest BCUT2D eigenvalue weighted by atomic mass is 10.1. The van der Waals surface area contributed by atoms with Gasteiger partial charge in [0.1, 0.15) is 5.75 Å². The summed E-state index contributed by atoms with van der Waals surface area (Å²) in [6.45, 7) is 8.17. The Balaban J connectivity index is 2.24. The third kappa shape index (κ3) is 4.99. The standard InChI is InChI=1S/C19H28ClN3O/c1-6-7-10-22(4)12-16-13-23(5)21-19(16)15-8-9-18(17(20)11-15)24-14(2)3/h8-9,11,13-14H,6-7,10,12H2,1-5H3. The van der Waals surface area contributed by atoms with Crippen molar-refractivity contribution >= 4 is 11.6 Å². The zero-order chi connectivity index (χ0) is 17.7. The number of unbranched alkanes of at least 4 members (excludes halogenated alkanes) is 1. The van der Waals surface area contributed by atoms with E-state index in [0.29, 0.717) is 10.8 Å². The van der Waals surface area contributed by atoms with E-state index in [4.69, 9.17) is 16.3 Å². The first kappa shape index (κ1) is 18.8. The highest BCUT2D eigenvalue weighted by molar-refractivity contribution is 6.32. The minimum Gasteiger partial charge on any atom is -0.489 e. The van der Waals surface area contributed by atoms with E-state index in [1.54, 1.807) is 0 Å². The van der Waals surface area contributed by atoms with Gasteiger partial charge in [-0.25, -0.2) is 0 Å². The van der Waals surface area contributed by atoms with E-state index in [1.165, 1.54) is 18.4 Å². The summed E-state index contributed by atoms with van der Waals surface area (Å²) >= 11 is 6.39. The van der Waals surface area contributed by atoms with Crippen molar-refractivity contribution in [2.75, 3.05) is 13.6 Å². The van der Waals surface area contributed by atoms with E-state index >= 15 is 0 Å². The maximum atomic E-state index is 6.39. The van der Waals surface area contributed by atoms with Gasteiger partial charge < -0.3 is 9.64 Å². The minimum absolute atomic E-state index is 0.103. The minimum atomic E-state index is 0.103. The first-order chi connectivity index (χ1) is 11.4. The fourth-order valence-electron chi connectivity index (χ4n) is 2.69. The molecule has 1 aromatic carbocycles. The lowest BCUT2D eigenvalue weighted by Gasteiger charge is -2.16. The van der Waals surface area contributed by atoms with Crippen LogP contribution in [-0.2, 0) is 13.6 Å². The van der Waals surface area contributed by atoms with Crippen LogP contribution in [-0.4, -0.2) is 34.4 Å². The molecule has 1 heterocycles. The molecule has 0 spiro atoms. The number of nitrogens with zero attached hydrogens (tertiary/aromatic N) is 3. The van der Waals surface area contributed by atoms with Gasteiger partial charge in [-0.15, -0.1) is 0 Å². The topological polar surface area (TPSA) is 30.3 Å². The molecule has 0 radical (unpaired) electrons. The Morgan fingerprint density at radius 2 is 2.08 bits per heavy atom. The molecule has 0 N–H and O–H groups in total. The number of aromatic nitrogens is 2. The van der Waals surface area contributed by atoms with Crippen LogP contribution in [0.25, 0.3) is 11.3 Å². The maximum Gasteiger partial charge on any atom is 0.138 e. The van der Waals surface area contributed by atoms with Crippen molar-refractivity contribution < 1.29 is 4.74 Å². The Kier molecular flexibility index (Phi) is 6.69. The molecule has 0 unspecified atom stereocenters. The summed E-state index contributed by atoms with van der Waals surface area (Å²) in [6, 6.07) is 5.90. The predicted octanol–water partition coefficient (Wildman–Crippen LogP) is 4.76. The number of benzene rings is 1. The number of rotatable bonds is 8. The molecule has 1 aromatic heterocycles. The molecule has 0 amide bonds. The number of hydrogen-bond donors (Lipinski definition) is 0. The lowest BCUT2D eigenvalue weighted by molar-refractivity contribution is 0.242. The summed E-state index contributed by atoms with van der Waals surface area (Å²) < 4.78 is 7.58. The summed E-state index contributed by atoms with van der Waals surface area (Å²) in [6.07, 6.45) is 4.60. The Morgan fingerprint density at radius 3 is 2.71 bits per heavy atom. The molecule has 132 valence electrons. The van der Waals surface area contributed by atoms with Crippen LogP contribution in [0.1, 0.15) is 39.2 Å². The van der Waals surface area contributed by atoms with Crippen LogP contribution in [0.2, 0.25) is 5.02 Å². The van der Waals surface area contributed by atoms with E-state index in [0.717, 1.165) is 24.3 Å². The Hall–Kier alpha value is -1.52. The van der Waals surface area contributed by atoms with Gasteiger partial charge in [0.05, 0.1) is 16.8 Å². The molecule has 0 fully saturated rings. The summed E-state index contributed by atoms with van der Waals surface area (Å²) in [4.78, 5) is 2.34. The quantitative estimate of drug-likeness (QED) is 0.688. The fraction of sp³-hybridized carbons (Fsp3) is 0.526. The second-order valence-corrected chi connectivity index (χ2v) is 6.99. The van der Waals surface area contributed by atoms with E-state index in [2.05, 4.69) is 30.2 Å². The SMILES string of the molecule is CCCCN(C)Cc1cn(C)nc1-c1ccc(OC(C)C)c(Cl)c1. The fourth-order valence-corrected chi connectivity index (χ4v) is 2.92. The molecule has 2 rings (SSSR count). The van der Waals surface area contributed by atoms with Crippen molar-refractivity contribution in [2.45, 2.75) is 46.3 Å². The van der Waals surface area contributed by atoms with Crippen LogP contribution in [0.15, 0.2) is 24.4 Å². The third-order valence-electron chi connectivity index (χ3n) is 3.81. The van der Waals surface area contributed by atoms with Gasteiger partial charge in [0.15, 0.2) is 0 Å². The molecule has 5 heteroatoms. The molecular weight excluding hydrogens is 322 g/mol. The number of hydrogen-bond acceptors (Lipinski definition) is 3. The number of aryl methyl sites for hydroxylation is 1. The van der Waals surface area contributed by atoms with Crippen molar-refractivity contribution in [3.63, 3.8) is 0 Å². The third-order valence-corrected chi connectivity index (χ3v) is 4.10. The molecule has 0 saturated carbocycles. The average Bonchev–Trinajstić information content (AvgIpc) is 2.87. The highest BCUT2D eigenvalue weighted by Gasteiger charge is 2.14. The molecule has 0 atom stereocenters. The van der Waals surface area contributed by atoms with Crippen LogP contribution in [0, 0.1) is 0 Å². The Morgan fingerprint density at radius 1 is 1.33 bits per heavy atom. The van der Waals surface area contributed by atoms with E-state index in [-0.39, 0.29) is 6.10 Å². The van der Waals surface area contributed by atoms with Crippen LogP contribution < -0.4 is 4.74 Å².